The summed E-state index contributed by atoms with van der Waals surface area (Å²) in [6, 6.07) is 7.08. The molecule has 0 N–H and O–H groups in total. The van der Waals surface area contributed by atoms with Crippen molar-refractivity contribution in [2.45, 2.75) is 32.8 Å². The van der Waals surface area contributed by atoms with Gasteiger partial charge >= 0.3 is 5.97 Å². The van der Waals surface area contributed by atoms with Gasteiger partial charge < -0.3 is 4.74 Å². The van der Waals surface area contributed by atoms with Gasteiger partial charge in [0.25, 0.3) is 0 Å². The topological polar surface area (TPSA) is 80.8 Å². The van der Waals surface area contributed by atoms with Crippen molar-refractivity contribution in [2.75, 3.05) is 6.54 Å². The molecule has 6 heteroatoms. The Labute approximate surface area is 175 Å². The van der Waals surface area contributed by atoms with E-state index < -0.39 is 12.1 Å². The molecule has 2 bridgehead atoms. The Morgan fingerprint density at radius 2 is 1.60 bits per heavy atom. The van der Waals surface area contributed by atoms with Gasteiger partial charge in [-0.1, -0.05) is 42.0 Å². The van der Waals surface area contributed by atoms with Gasteiger partial charge in [-0.15, -0.1) is 0 Å². The van der Waals surface area contributed by atoms with Crippen LogP contribution >= 0.6 is 0 Å². The van der Waals surface area contributed by atoms with Crippen LogP contribution in [0.4, 0.5) is 0 Å². The summed E-state index contributed by atoms with van der Waals surface area (Å²) in [5, 5.41) is 0. The van der Waals surface area contributed by atoms with Crippen molar-refractivity contribution < 1.29 is 23.9 Å². The number of hydrogen-bond donors (Lipinski definition) is 0. The third-order valence-electron chi connectivity index (χ3n) is 7.31. The van der Waals surface area contributed by atoms with Gasteiger partial charge in [0.1, 0.15) is 0 Å². The molecule has 4 aliphatic carbocycles. The zero-order chi connectivity index (χ0) is 21.2. The molecule has 0 unspecified atom stereocenters. The molecule has 6 nitrogen and oxygen atoms in total. The Morgan fingerprint density at radius 1 is 1.03 bits per heavy atom. The van der Waals surface area contributed by atoms with Crippen LogP contribution in [-0.2, 0) is 19.1 Å². The van der Waals surface area contributed by atoms with Crippen LogP contribution in [0.2, 0.25) is 0 Å². The number of carbonyl (C=O) groups is 4. The Balaban J connectivity index is 1.18. The zero-order valence-electron chi connectivity index (χ0n) is 17.1. The Kier molecular flexibility index (Phi) is 4.42. The average molecular weight is 407 g/mol. The molecule has 5 aliphatic rings. The van der Waals surface area contributed by atoms with E-state index in [2.05, 4.69) is 12.2 Å². The lowest BCUT2D eigenvalue weighted by molar-refractivity contribution is -0.148. The number of hydrogen-bond acceptors (Lipinski definition) is 5. The van der Waals surface area contributed by atoms with E-state index in [9.17, 15) is 19.2 Å². The summed E-state index contributed by atoms with van der Waals surface area (Å²) >= 11 is 0. The van der Waals surface area contributed by atoms with Gasteiger partial charge in [0, 0.05) is 12.1 Å². The van der Waals surface area contributed by atoms with Crippen molar-refractivity contribution in [3.8, 4) is 0 Å². The number of rotatable bonds is 6. The number of ether oxygens (including phenoxy) is 1. The lowest BCUT2D eigenvalue weighted by Crippen LogP contribution is -2.40. The lowest BCUT2D eigenvalue weighted by Gasteiger charge is -2.37. The van der Waals surface area contributed by atoms with Crippen LogP contribution in [0.15, 0.2) is 36.4 Å². The van der Waals surface area contributed by atoms with Crippen molar-refractivity contribution in [2.24, 2.45) is 35.5 Å². The predicted octanol–water partition coefficient (Wildman–Crippen LogP) is 2.55. The number of nitrogens with zero attached hydrogens (tertiary/aromatic N) is 1. The summed E-state index contributed by atoms with van der Waals surface area (Å²) in [5.74, 6) is -0.211. The van der Waals surface area contributed by atoms with Crippen LogP contribution in [-0.4, -0.2) is 41.1 Å². The third kappa shape index (κ3) is 2.92. The molecule has 30 heavy (non-hydrogen) atoms. The number of Topliss-reactive ketones (excluding diaryl/α,β-unsaturated/α-hetero) is 1. The molecule has 0 radical (unpaired) electrons. The monoisotopic (exact) mass is 407 g/mol. The van der Waals surface area contributed by atoms with E-state index in [1.165, 1.54) is 11.8 Å². The molecule has 6 rings (SSSR count). The SMILES string of the molecule is Cc1ccc(C(=O)[C@H](C)OC(=O)CCN2C(=O)[C@@H]3[C@@H]4C=C[C@H]([C@H]5C[C@@H]45)[C@@H]3C2=O)cc1. The minimum Gasteiger partial charge on any atom is -0.454 e. The number of benzene rings is 1. The van der Waals surface area contributed by atoms with E-state index in [-0.39, 0.29) is 54.2 Å². The van der Waals surface area contributed by atoms with Gasteiger partial charge in [-0.2, -0.15) is 0 Å². The molecule has 156 valence electrons. The van der Waals surface area contributed by atoms with E-state index in [1.807, 2.05) is 19.1 Å². The maximum Gasteiger partial charge on any atom is 0.308 e. The number of ketones is 1. The fraction of sp³-hybridized carbons (Fsp3) is 0.500. The van der Waals surface area contributed by atoms with Crippen LogP contribution in [0.3, 0.4) is 0 Å². The van der Waals surface area contributed by atoms with Crippen molar-refractivity contribution in [3.63, 3.8) is 0 Å². The molecular weight excluding hydrogens is 382 g/mol. The molecule has 1 saturated heterocycles. The van der Waals surface area contributed by atoms with E-state index in [0.29, 0.717) is 17.4 Å². The van der Waals surface area contributed by atoms with Crippen LogP contribution in [0, 0.1) is 42.4 Å². The summed E-state index contributed by atoms with van der Waals surface area (Å²) in [6.07, 6.45) is 4.36. The third-order valence-corrected chi connectivity index (χ3v) is 7.31. The van der Waals surface area contributed by atoms with E-state index >= 15 is 0 Å². The summed E-state index contributed by atoms with van der Waals surface area (Å²) in [7, 11) is 0. The van der Waals surface area contributed by atoms with Gasteiger partial charge in [0.15, 0.2) is 6.10 Å². The Hall–Kier alpha value is -2.76. The molecule has 3 fully saturated rings. The summed E-state index contributed by atoms with van der Waals surface area (Å²) in [5.41, 5.74) is 1.52. The molecule has 7 atom stereocenters. The van der Waals surface area contributed by atoms with Gasteiger partial charge in [-0.25, -0.2) is 0 Å². The molecular formula is C24H25NO5. The van der Waals surface area contributed by atoms with Gasteiger partial charge in [0.2, 0.25) is 17.6 Å². The van der Waals surface area contributed by atoms with E-state index in [4.69, 9.17) is 4.74 Å². The fourth-order valence-corrected chi connectivity index (χ4v) is 5.70. The average Bonchev–Trinajstić information content (AvgIpc) is 3.51. The molecule has 1 aromatic carbocycles. The molecule has 2 saturated carbocycles. The Morgan fingerprint density at radius 3 is 2.17 bits per heavy atom. The van der Waals surface area contributed by atoms with E-state index in [0.717, 1.165) is 12.0 Å². The van der Waals surface area contributed by atoms with Crippen LogP contribution in [0.5, 0.6) is 0 Å². The predicted molar refractivity (Wildman–Crippen MR) is 107 cm³/mol. The van der Waals surface area contributed by atoms with Crippen molar-refractivity contribution in [1.29, 1.82) is 0 Å². The lowest BCUT2D eigenvalue weighted by atomic mass is 9.63. The summed E-state index contributed by atoms with van der Waals surface area (Å²) in [4.78, 5) is 51.8. The molecule has 1 aromatic rings. The standard InChI is InChI=1S/C24H25NO5/c1-12-3-5-14(6-4-12)22(27)13(2)30-19(26)9-10-25-23(28)20-15-7-8-16(18-11-17(15)18)21(20)24(25)29/h3-8,13,15-18,20-21H,9-11H2,1-2H3/t13-,15+,16+,17-,18+,20+,21-/m0/s1. The number of allylic oxidation sites excluding steroid dienone is 2. The molecule has 0 aromatic heterocycles. The summed E-state index contributed by atoms with van der Waals surface area (Å²) < 4.78 is 5.27. The first-order chi connectivity index (χ1) is 14.4. The zero-order valence-corrected chi connectivity index (χ0v) is 17.1. The Bertz CT molecular complexity index is 928. The largest absolute Gasteiger partial charge is 0.454 e. The van der Waals surface area contributed by atoms with Crippen LogP contribution in [0.25, 0.3) is 0 Å². The van der Waals surface area contributed by atoms with E-state index in [1.54, 1.807) is 12.1 Å². The first-order valence-corrected chi connectivity index (χ1v) is 10.7. The van der Waals surface area contributed by atoms with Gasteiger partial charge in [0.05, 0.1) is 18.3 Å². The highest BCUT2D eigenvalue weighted by Crippen LogP contribution is 2.65. The van der Waals surface area contributed by atoms with Crippen LogP contribution in [0.1, 0.15) is 35.7 Å². The normalized spacial score (nSPS) is 33.9. The van der Waals surface area contributed by atoms with Crippen molar-refractivity contribution in [3.05, 3.63) is 47.5 Å². The second-order valence-electron chi connectivity index (χ2n) is 9.10. The second-order valence-corrected chi connectivity index (χ2v) is 9.10. The molecule has 1 aliphatic heterocycles. The van der Waals surface area contributed by atoms with Gasteiger partial charge in [-0.3, -0.25) is 24.1 Å². The quantitative estimate of drug-likeness (QED) is 0.313. The fourth-order valence-electron chi connectivity index (χ4n) is 5.70. The highest BCUT2D eigenvalue weighted by Gasteiger charge is 2.66. The molecule has 0 spiro atoms. The van der Waals surface area contributed by atoms with Gasteiger partial charge in [-0.05, 0) is 43.9 Å². The number of amides is 2. The first-order valence-electron chi connectivity index (χ1n) is 10.7. The maximum atomic E-state index is 12.9. The number of imide groups is 1. The summed E-state index contributed by atoms with van der Waals surface area (Å²) in [6.45, 7) is 3.49. The van der Waals surface area contributed by atoms with Crippen molar-refractivity contribution >= 4 is 23.6 Å². The smallest absolute Gasteiger partial charge is 0.308 e. The number of aryl methyl sites for hydroxylation is 1. The number of likely N-dealkylation sites (tertiary alicyclic amines) is 1. The minimum absolute atomic E-state index is 0.0176. The highest BCUT2D eigenvalue weighted by molar-refractivity contribution is 6.06. The first kappa shape index (κ1) is 19.2. The number of carbonyl (C=O) groups excluding carboxylic acids is 4. The number of esters is 1. The minimum atomic E-state index is -0.917. The molecule has 1 heterocycles. The highest BCUT2D eigenvalue weighted by atomic mass is 16.5. The molecule has 2 amide bonds. The second kappa shape index (κ2) is 6.89. The van der Waals surface area contributed by atoms with Crippen LogP contribution < -0.4 is 0 Å². The maximum absolute atomic E-state index is 12.9. The van der Waals surface area contributed by atoms with Crippen molar-refractivity contribution in [1.82, 2.24) is 4.90 Å².